The van der Waals surface area contributed by atoms with Gasteiger partial charge in [-0.3, -0.25) is 9.78 Å². The SMILES string of the molecule is CCCCCCOc1ccc(/C=N/Nc2nnc(-c3ccccc3)c(=O)[nH]2)cc1OC. The van der Waals surface area contributed by atoms with E-state index in [4.69, 9.17) is 9.47 Å². The number of ether oxygens (including phenoxy) is 2. The Balaban J connectivity index is 1.60. The van der Waals surface area contributed by atoms with Gasteiger partial charge in [0.05, 0.1) is 19.9 Å². The molecule has 3 aromatic rings. The van der Waals surface area contributed by atoms with Gasteiger partial charge in [-0.2, -0.15) is 5.10 Å². The van der Waals surface area contributed by atoms with Crippen molar-refractivity contribution in [3.8, 4) is 22.8 Å². The minimum absolute atomic E-state index is 0.153. The van der Waals surface area contributed by atoms with Crippen LogP contribution in [-0.2, 0) is 0 Å². The van der Waals surface area contributed by atoms with Gasteiger partial charge in [0, 0.05) is 5.56 Å². The maximum absolute atomic E-state index is 12.3. The normalized spacial score (nSPS) is 10.9. The van der Waals surface area contributed by atoms with Gasteiger partial charge in [0.25, 0.3) is 5.56 Å². The Hall–Kier alpha value is -3.68. The van der Waals surface area contributed by atoms with Crippen molar-refractivity contribution in [2.24, 2.45) is 5.10 Å². The van der Waals surface area contributed by atoms with Crippen LogP contribution in [0.15, 0.2) is 58.4 Å². The first-order valence-corrected chi connectivity index (χ1v) is 10.3. The lowest BCUT2D eigenvalue weighted by Crippen LogP contribution is -2.15. The maximum atomic E-state index is 12.3. The topological polar surface area (TPSA) is 101 Å². The van der Waals surface area contributed by atoms with Crippen molar-refractivity contribution < 1.29 is 9.47 Å². The number of H-pyrrole nitrogens is 1. The second kappa shape index (κ2) is 11.5. The van der Waals surface area contributed by atoms with Crippen LogP contribution in [-0.4, -0.2) is 35.1 Å². The summed E-state index contributed by atoms with van der Waals surface area (Å²) in [4.78, 5) is 14.9. The number of aromatic nitrogens is 3. The van der Waals surface area contributed by atoms with Crippen LogP contribution >= 0.6 is 0 Å². The highest BCUT2D eigenvalue weighted by Crippen LogP contribution is 2.27. The van der Waals surface area contributed by atoms with Crippen LogP contribution in [0.4, 0.5) is 5.95 Å². The van der Waals surface area contributed by atoms with Crippen molar-refractivity contribution in [3.05, 3.63) is 64.4 Å². The Morgan fingerprint density at radius 2 is 1.90 bits per heavy atom. The van der Waals surface area contributed by atoms with Crippen LogP contribution in [0.5, 0.6) is 11.5 Å². The molecule has 3 rings (SSSR count). The molecule has 0 amide bonds. The van der Waals surface area contributed by atoms with Gasteiger partial charge in [-0.1, -0.05) is 56.5 Å². The first kappa shape index (κ1) is 22.0. The Bertz CT molecular complexity index is 1050. The van der Waals surface area contributed by atoms with Gasteiger partial charge in [0.1, 0.15) is 0 Å². The Labute approximate surface area is 181 Å². The number of anilines is 1. The third-order valence-corrected chi connectivity index (χ3v) is 4.57. The van der Waals surface area contributed by atoms with Crippen molar-refractivity contribution in [1.29, 1.82) is 0 Å². The van der Waals surface area contributed by atoms with Gasteiger partial charge in [-0.25, -0.2) is 5.43 Å². The molecule has 0 fully saturated rings. The fraction of sp³-hybridized carbons (Fsp3) is 0.304. The molecule has 1 heterocycles. The van der Waals surface area contributed by atoms with Crippen molar-refractivity contribution >= 4 is 12.2 Å². The summed E-state index contributed by atoms with van der Waals surface area (Å²) < 4.78 is 11.2. The number of hydrogen-bond acceptors (Lipinski definition) is 7. The van der Waals surface area contributed by atoms with E-state index >= 15 is 0 Å². The number of benzene rings is 2. The van der Waals surface area contributed by atoms with Crippen LogP contribution in [0.3, 0.4) is 0 Å². The number of aromatic amines is 1. The molecular formula is C23H27N5O3. The third kappa shape index (κ3) is 6.40. The average molecular weight is 422 g/mol. The van der Waals surface area contributed by atoms with Gasteiger partial charge in [0.2, 0.25) is 5.95 Å². The zero-order valence-electron chi connectivity index (χ0n) is 17.8. The first-order valence-electron chi connectivity index (χ1n) is 10.3. The number of unbranched alkanes of at least 4 members (excludes halogenated alkanes) is 3. The zero-order valence-corrected chi connectivity index (χ0v) is 17.8. The van der Waals surface area contributed by atoms with Crippen LogP contribution in [0.25, 0.3) is 11.3 Å². The zero-order chi connectivity index (χ0) is 21.9. The molecule has 8 nitrogen and oxygen atoms in total. The summed E-state index contributed by atoms with van der Waals surface area (Å²) in [5.74, 6) is 1.50. The molecule has 0 atom stereocenters. The predicted octanol–water partition coefficient (Wildman–Crippen LogP) is 4.25. The lowest BCUT2D eigenvalue weighted by Gasteiger charge is -2.11. The van der Waals surface area contributed by atoms with Crippen LogP contribution in [0.2, 0.25) is 0 Å². The fourth-order valence-corrected chi connectivity index (χ4v) is 2.93. The molecule has 0 aliphatic rings. The third-order valence-electron chi connectivity index (χ3n) is 4.57. The molecule has 2 N–H and O–H groups in total. The molecular weight excluding hydrogens is 394 g/mol. The summed E-state index contributed by atoms with van der Waals surface area (Å²) in [6.45, 7) is 2.85. The molecule has 2 aromatic carbocycles. The summed E-state index contributed by atoms with van der Waals surface area (Å²) >= 11 is 0. The van der Waals surface area contributed by atoms with Crippen LogP contribution in [0.1, 0.15) is 38.2 Å². The van der Waals surface area contributed by atoms with Gasteiger partial charge >= 0.3 is 0 Å². The van der Waals surface area contributed by atoms with E-state index in [1.165, 1.54) is 12.8 Å². The molecule has 0 bridgehead atoms. The maximum Gasteiger partial charge on any atom is 0.279 e. The average Bonchev–Trinajstić information content (AvgIpc) is 2.80. The van der Waals surface area contributed by atoms with Gasteiger partial charge < -0.3 is 9.47 Å². The molecule has 0 aliphatic heterocycles. The molecule has 31 heavy (non-hydrogen) atoms. The molecule has 162 valence electrons. The lowest BCUT2D eigenvalue weighted by atomic mass is 10.2. The van der Waals surface area contributed by atoms with E-state index in [0.717, 1.165) is 18.4 Å². The summed E-state index contributed by atoms with van der Waals surface area (Å²) in [6.07, 6.45) is 6.19. The number of hydrazone groups is 1. The fourth-order valence-electron chi connectivity index (χ4n) is 2.93. The van der Waals surface area contributed by atoms with Gasteiger partial charge in [-0.15, -0.1) is 10.2 Å². The van der Waals surface area contributed by atoms with E-state index in [-0.39, 0.29) is 17.2 Å². The molecule has 1 aromatic heterocycles. The minimum atomic E-state index is -0.346. The van der Waals surface area contributed by atoms with Crippen molar-refractivity contribution in [3.63, 3.8) is 0 Å². The predicted molar refractivity (Wildman–Crippen MR) is 122 cm³/mol. The summed E-state index contributed by atoms with van der Waals surface area (Å²) in [5.41, 5.74) is 4.10. The summed E-state index contributed by atoms with van der Waals surface area (Å²) in [6, 6.07) is 14.7. The number of methoxy groups -OCH3 is 1. The van der Waals surface area contributed by atoms with Crippen LogP contribution < -0.4 is 20.5 Å². The lowest BCUT2D eigenvalue weighted by molar-refractivity contribution is 0.285. The van der Waals surface area contributed by atoms with E-state index in [0.29, 0.717) is 23.7 Å². The molecule has 0 radical (unpaired) electrons. The highest BCUT2D eigenvalue weighted by atomic mass is 16.5. The monoisotopic (exact) mass is 421 g/mol. The molecule has 0 spiro atoms. The summed E-state index contributed by atoms with van der Waals surface area (Å²) in [7, 11) is 1.60. The Kier molecular flexibility index (Phi) is 8.16. The molecule has 0 saturated carbocycles. The molecule has 0 saturated heterocycles. The number of hydrogen-bond donors (Lipinski definition) is 2. The van der Waals surface area contributed by atoms with E-state index < -0.39 is 0 Å². The highest BCUT2D eigenvalue weighted by Gasteiger charge is 2.07. The Morgan fingerprint density at radius 3 is 2.65 bits per heavy atom. The van der Waals surface area contributed by atoms with Gasteiger partial charge in [0.15, 0.2) is 17.2 Å². The van der Waals surface area contributed by atoms with E-state index in [1.807, 2.05) is 36.4 Å². The smallest absolute Gasteiger partial charge is 0.279 e. The summed E-state index contributed by atoms with van der Waals surface area (Å²) in [5, 5.41) is 12.1. The highest BCUT2D eigenvalue weighted by molar-refractivity contribution is 5.81. The van der Waals surface area contributed by atoms with Crippen molar-refractivity contribution in [2.45, 2.75) is 32.6 Å². The number of nitrogens with one attached hydrogen (secondary N) is 2. The second-order valence-corrected chi connectivity index (χ2v) is 6.91. The first-order chi connectivity index (χ1) is 15.2. The molecule has 0 aliphatic carbocycles. The van der Waals surface area contributed by atoms with E-state index in [9.17, 15) is 4.79 Å². The van der Waals surface area contributed by atoms with Gasteiger partial charge in [-0.05, 0) is 30.2 Å². The second-order valence-electron chi connectivity index (χ2n) is 6.91. The quantitative estimate of drug-likeness (QED) is 0.273. The van der Waals surface area contributed by atoms with Crippen molar-refractivity contribution in [1.82, 2.24) is 15.2 Å². The minimum Gasteiger partial charge on any atom is -0.493 e. The van der Waals surface area contributed by atoms with E-state index in [2.05, 4.69) is 32.6 Å². The van der Waals surface area contributed by atoms with Crippen molar-refractivity contribution in [2.75, 3.05) is 19.1 Å². The molecule has 0 unspecified atom stereocenters. The number of rotatable bonds is 11. The largest absolute Gasteiger partial charge is 0.493 e. The standard InChI is InChI=1S/C23H27N5O3/c1-3-4-5-9-14-31-19-13-12-17(15-20(19)30-2)16-24-27-23-25-22(29)21(26-28-23)18-10-7-6-8-11-18/h6-8,10-13,15-16H,3-5,9,14H2,1-2H3,(H2,25,27,28,29)/b24-16+. The Morgan fingerprint density at radius 1 is 1.06 bits per heavy atom. The number of nitrogens with zero attached hydrogens (tertiary/aromatic N) is 3. The van der Waals surface area contributed by atoms with Crippen LogP contribution in [0, 0.1) is 0 Å². The molecule has 8 heteroatoms. The van der Waals surface area contributed by atoms with E-state index in [1.54, 1.807) is 25.5 Å².